The molecule has 162 valence electrons. The third kappa shape index (κ3) is 5.87. The van der Waals surface area contributed by atoms with Crippen molar-refractivity contribution in [2.75, 3.05) is 31.3 Å². The van der Waals surface area contributed by atoms with Gasteiger partial charge in [-0.15, -0.1) is 0 Å². The van der Waals surface area contributed by atoms with E-state index in [1.807, 2.05) is 24.9 Å². The van der Waals surface area contributed by atoms with Crippen LogP contribution in [0.2, 0.25) is 5.02 Å². The summed E-state index contributed by atoms with van der Waals surface area (Å²) in [5, 5.41) is 6.19. The highest BCUT2D eigenvalue weighted by atomic mass is 35.5. The van der Waals surface area contributed by atoms with Gasteiger partial charge in [-0.2, -0.15) is 0 Å². The first-order valence-electron chi connectivity index (χ1n) is 9.62. The van der Waals surface area contributed by atoms with Crippen molar-refractivity contribution >= 4 is 34.8 Å². The molecule has 0 fully saturated rings. The Hall–Kier alpha value is -3.29. The van der Waals surface area contributed by atoms with E-state index in [9.17, 15) is 9.59 Å². The first kappa shape index (κ1) is 22.4. The second kappa shape index (κ2) is 10.1. The molecule has 3 rings (SSSR count). The van der Waals surface area contributed by atoms with E-state index in [-0.39, 0.29) is 18.4 Å². The number of aryl methyl sites for hydroxylation is 1. The van der Waals surface area contributed by atoms with Crippen LogP contribution in [0.1, 0.15) is 21.7 Å². The largest absolute Gasteiger partial charge is 0.495 e. The average Bonchev–Trinajstić information content (AvgIpc) is 3.23. The monoisotopic (exact) mass is 441 g/mol. The highest BCUT2D eigenvalue weighted by molar-refractivity contribution is 6.31. The summed E-state index contributed by atoms with van der Waals surface area (Å²) in [6, 6.07) is 13.9. The number of halogens is 1. The number of amides is 2. The van der Waals surface area contributed by atoms with Crippen molar-refractivity contribution in [1.82, 2.24) is 4.90 Å². The highest BCUT2D eigenvalue weighted by Crippen LogP contribution is 2.31. The lowest BCUT2D eigenvalue weighted by atomic mass is 10.1. The molecule has 3 aromatic rings. The van der Waals surface area contributed by atoms with E-state index >= 15 is 0 Å². The molecule has 1 heterocycles. The molecule has 8 heteroatoms. The fraction of sp³-hybridized carbons (Fsp3) is 0.217. The number of methoxy groups -OCH3 is 1. The number of benzene rings is 2. The van der Waals surface area contributed by atoms with Crippen LogP contribution in [0, 0.1) is 6.92 Å². The number of rotatable bonds is 8. The van der Waals surface area contributed by atoms with Crippen LogP contribution in [0.3, 0.4) is 0 Å². The molecule has 0 aliphatic rings. The molecular formula is C23H24ClN3O4. The van der Waals surface area contributed by atoms with Crippen LogP contribution in [-0.2, 0) is 11.3 Å². The molecule has 2 aromatic carbocycles. The molecule has 0 saturated carbocycles. The zero-order valence-corrected chi connectivity index (χ0v) is 18.3. The van der Waals surface area contributed by atoms with E-state index in [2.05, 4.69) is 10.6 Å². The molecule has 2 N–H and O–H groups in total. The molecule has 2 amide bonds. The fourth-order valence-electron chi connectivity index (χ4n) is 3.07. The first-order valence-corrected chi connectivity index (χ1v) is 10.0. The maximum absolute atomic E-state index is 12.9. The minimum atomic E-state index is -0.375. The summed E-state index contributed by atoms with van der Waals surface area (Å²) in [4.78, 5) is 27.3. The van der Waals surface area contributed by atoms with E-state index in [0.29, 0.717) is 34.3 Å². The maximum atomic E-state index is 12.9. The van der Waals surface area contributed by atoms with Crippen molar-refractivity contribution in [3.8, 4) is 5.75 Å². The van der Waals surface area contributed by atoms with Crippen molar-refractivity contribution in [3.05, 3.63) is 76.7 Å². The highest BCUT2D eigenvalue weighted by Gasteiger charge is 2.17. The van der Waals surface area contributed by atoms with Crippen LogP contribution in [0.25, 0.3) is 0 Å². The van der Waals surface area contributed by atoms with Gasteiger partial charge in [-0.3, -0.25) is 14.5 Å². The predicted octanol–water partition coefficient (Wildman–Crippen LogP) is 4.57. The zero-order chi connectivity index (χ0) is 22.4. The van der Waals surface area contributed by atoms with E-state index in [0.717, 1.165) is 11.3 Å². The number of para-hydroxylation sites is 1. The van der Waals surface area contributed by atoms with Crippen LogP contribution < -0.4 is 15.4 Å². The number of hydrogen-bond donors (Lipinski definition) is 2. The maximum Gasteiger partial charge on any atom is 0.257 e. The molecule has 0 saturated heterocycles. The Morgan fingerprint density at radius 1 is 1.10 bits per heavy atom. The van der Waals surface area contributed by atoms with Gasteiger partial charge >= 0.3 is 0 Å². The van der Waals surface area contributed by atoms with Crippen LogP contribution >= 0.6 is 11.6 Å². The van der Waals surface area contributed by atoms with Crippen molar-refractivity contribution in [2.24, 2.45) is 0 Å². The van der Waals surface area contributed by atoms with Gasteiger partial charge in [0.1, 0.15) is 11.5 Å². The summed E-state index contributed by atoms with van der Waals surface area (Å²) in [6.07, 6.45) is 1.59. The molecular weight excluding hydrogens is 418 g/mol. The molecule has 0 unspecified atom stereocenters. The number of furan rings is 1. The first-order chi connectivity index (χ1) is 14.9. The number of nitrogens with zero attached hydrogens (tertiary/aromatic N) is 1. The molecule has 0 aliphatic carbocycles. The lowest BCUT2D eigenvalue weighted by Gasteiger charge is -2.17. The fourth-order valence-corrected chi connectivity index (χ4v) is 3.22. The summed E-state index contributed by atoms with van der Waals surface area (Å²) in [5.41, 5.74) is 2.05. The van der Waals surface area contributed by atoms with E-state index in [1.54, 1.807) is 48.7 Å². The molecule has 0 radical (unpaired) electrons. The topological polar surface area (TPSA) is 83.8 Å². The van der Waals surface area contributed by atoms with Gasteiger partial charge in [-0.05, 0) is 49.9 Å². The van der Waals surface area contributed by atoms with Crippen LogP contribution in [0.5, 0.6) is 5.75 Å². The van der Waals surface area contributed by atoms with E-state index in [1.165, 1.54) is 7.11 Å². The Morgan fingerprint density at radius 2 is 1.87 bits per heavy atom. The number of anilines is 2. The number of hydrogen-bond acceptors (Lipinski definition) is 5. The van der Waals surface area contributed by atoms with Crippen molar-refractivity contribution < 1.29 is 18.7 Å². The molecule has 7 nitrogen and oxygen atoms in total. The zero-order valence-electron chi connectivity index (χ0n) is 17.6. The minimum absolute atomic E-state index is 0.140. The van der Waals surface area contributed by atoms with Gasteiger partial charge < -0.3 is 19.8 Å². The summed E-state index contributed by atoms with van der Waals surface area (Å²) >= 11 is 6.14. The lowest BCUT2D eigenvalue weighted by molar-refractivity contribution is -0.117. The molecule has 1 aromatic heterocycles. The van der Waals surface area contributed by atoms with Gasteiger partial charge in [0.05, 0.1) is 43.4 Å². The third-order valence-electron chi connectivity index (χ3n) is 4.59. The second-order valence-corrected chi connectivity index (χ2v) is 7.51. The third-order valence-corrected chi connectivity index (χ3v) is 5.00. The van der Waals surface area contributed by atoms with Crippen LogP contribution in [0.4, 0.5) is 11.4 Å². The minimum Gasteiger partial charge on any atom is -0.495 e. The quantitative estimate of drug-likeness (QED) is 0.534. The molecule has 31 heavy (non-hydrogen) atoms. The van der Waals surface area contributed by atoms with Gasteiger partial charge in [-0.25, -0.2) is 0 Å². The van der Waals surface area contributed by atoms with Crippen molar-refractivity contribution in [3.63, 3.8) is 0 Å². The molecule has 0 aliphatic heterocycles. The SMILES string of the molecule is COc1cc(Cl)c(C)cc1NC(=O)c1ccccc1NC(=O)CN(C)Cc1ccco1. The summed E-state index contributed by atoms with van der Waals surface area (Å²) in [5.74, 6) is 0.599. The van der Waals surface area contributed by atoms with Gasteiger partial charge in [0.15, 0.2) is 0 Å². The molecule has 0 atom stereocenters. The number of ether oxygens (including phenoxy) is 1. The van der Waals surface area contributed by atoms with E-state index < -0.39 is 0 Å². The Balaban J connectivity index is 1.70. The predicted molar refractivity (Wildman–Crippen MR) is 121 cm³/mol. The van der Waals surface area contributed by atoms with Crippen LogP contribution in [-0.4, -0.2) is 37.4 Å². The van der Waals surface area contributed by atoms with Gasteiger partial charge in [0.25, 0.3) is 5.91 Å². The Labute approximate surface area is 185 Å². The smallest absolute Gasteiger partial charge is 0.257 e. The van der Waals surface area contributed by atoms with E-state index in [4.69, 9.17) is 20.8 Å². The number of carbonyl (C=O) groups excluding carboxylic acids is 2. The molecule has 0 spiro atoms. The van der Waals surface area contributed by atoms with Crippen molar-refractivity contribution in [1.29, 1.82) is 0 Å². The normalized spacial score (nSPS) is 10.7. The summed E-state index contributed by atoms with van der Waals surface area (Å²) < 4.78 is 10.6. The van der Waals surface area contributed by atoms with Crippen molar-refractivity contribution in [2.45, 2.75) is 13.5 Å². The lowest BCUT2D eigenvalue weighted by Crippen LogP contribution is -2.30. The second-order valence-electron chi connectivity index (χ2n) is 7.10. The number of nitrogens with one attached hydrogen (secondary N) is 2. The average molecular weight is 442 g/mol. The van der Waals surface area contributed by atoms with Gasteiger partial charge in [0, 0.05) is 11.1 Å². The Kier molecular flexibility index (Phi) is 7.33. The summed E-state index contributed by atoms with van der Waals surface area (Å²) in [6.45, 7) is 2.48. The number of carbonyl (C=O) groups is 2. The van der Waals surface area contributed by atoms with Crippen LogP contribution in [0.15, 0.2) is 59.2 Å². The Morgan fingerprint density at radius 3 is 2.58 bits per heavy atom. The molecule has 0 bridgehead atoms. The van der Waals surface area contributed by atoms with Gasteiger partial charge in [-0.1, -0.05) is 23.7 Å². The number of likely N-dealkylation sites (N-methyl/N-ethyl adjacent to an activating group) is 1. The summed E-state index contributed by atoms with van der Waals surface area (Å²) in [7, 11) is 3.32. The standard InChI is InChI=1S/C23H24ClN3O4/c1-15-11-20(21(30-3)12-18(15)24)26-23(29)17-8-4-5-9-19(17)25-22(28)14-27(2)13-16-7-6-10-31-16/h4-12H,13-14H2,1-3H3,(H,25,28)(H,26,29). The Bertz CT molecular complexity index is 1070. The van der Waals surface area contributed by atoms with Gasteiger partial charge in [0.2, 0.25) is 5.91 Å².